The topological polar surface area (TPSA) is 59.0 Å². The fourth-order valence-corrected chi connectivity index (χ4v) is 3.41. The van der Waals surface area contributed by atoms with Crippen LogP contribution in [0.2, 0.25) is 0 Å². The summed E-state index contributed by atoms with van der Waals surface area (Å²) in [6, 6.07) is 11.8. The number of benzene rings is 2. The van der Waals surface area contributed by atoms with Gasteiger partial charge in [-0.3, -0.25) is 4.79 Å². The first kappa shape index (κ1) is 19.2. The van der Waals surface area contributed by atoms with Gasteiger partial charge in [0.25, 0.3) is 0 Å². The van der Waals surface area contributed by atoms with Crippen molar-refractivity contribution in [3.63, 3.8) is 0 Å². The normalized spacial score (nSPS) is 18.1. The molecule has 0 heterocycles. The maximum Gasteiger partial charge on any atom is 0.226 e. The highest BCUT2D eigenvalue weighted by molar-refractivity contribution is 5.83. The van der Waals surface area contributed by atoms with E-state index in [1.54, 1.807) is 37.3 Å². The van der Waals surface area contributed by atoms with Crippen molar-refractivity contribution in [2.24, 2.45) is 5.92 Å². The van der Waals surface area contributed by atoms with Crippen molar-refractivity contribution in [3.8, 4) is 11.5 Å². The number of aliphatic hydroxyl groups excluding tert-OH is 1. The van der Waals surface area contributed by atoms with Gasteiger partial charge in [0.15, 0.2) is 0 Å². The van der Waals surface area contributed by atoms with E-state index in [2.05, 4.69) is 0 Å². The Labute approximate surface area is 158 Å². The zero-order chi connectivity index (χ0) is 19.4. The lowest BCUT2D eigenvalue weighted by atomic mass is 10.1. The summed E-state index contributed by atoms with van der Waals surface area (Å²) in [5.74, 6) is 0.842. The minimum atomic E-state index is -0.293. The Kier molecular flexibility index (Phi) is 5.96. The quantitative estimate of drug-likeness (QED) is 0.773. The molecule has 0 aromatic heterocycles. The highest BCUT2D eigenvalue weighted by atomic mass is 19.1. The summed E-state index contributed by atoms with van der Waals surface area (Å²) in [6.07, 6.45) is 0.694. The Balaban J connectivity index is 1.75. The summed E-state index contributed by atoms with van der Waals surface area (Å²) >= 11 is 0. The van der Waals surface area contributed by atoms with Gasteiger partial charge in [0.05, 0.1) is 20.8 Å². The fourth-order valence-electron chi connectivity index (χ4n) is 3.41. The average molecular weight is 373 g/mol. The van der Waals surface area contributed by atoms with Crippen molar-refractivity contribution in [2.45, 2.75) is 18.9 Å². The first-order chi connectivity index (χ1) is 13.1. The SMILES string of the molecule is COc1ccc(OC)c(CN(CCO)C(=O)C2CC2c2cccc(F)c2)c1. The van der Waals surface area contributed by atoms with Crippen molar-refractivity contribution in [3.05, 3.63) is 59.4 Å². The van der Waals surface area contributed by atoms with Crippen molar-refractivity contribution < 1.29 is 23.8 Å². The van der Waals surface area contributed by atoms with E-state index in [9.17, 15) is 14.3 Å². The smallest absolute Gasteiger partial charge is 0.226 e. The molecular formula is C21H24FNO4. The molecule has 1 aliphatic carbocycles. The van der Waals surface area contributed by atoms with Crippen LogP contribution in [0.15, 0.2) is 42.5 Å². The van der Waals surface area contributed by atoms with Gasteiger partial charge in [0.1, 0.15) is 17.3 Å². The highest BCUT2D eigenvalue weighted by Crippen LogP contribution is 2.48. The van der Waals surface area contributed by atoms with E-state index in [0.29, 0.717) is 24.5 Å². The van der Waals surface area contributed by atoms with Gasteiger partial charge in [0, 0.05) is 24.6 Å². The van der Waals surface area contributed by atoms with E-state index >= 15 is 0 Å². The second-order valence-corrected chi connectivity index (χ2v) is 6.66. The number of ether oxygens (including phenoxy) is 2. The number of methoxy groups -OCH3 is 2. The fraction of sp³-hybridized carbons (Fsp3) is 0.381. The third-order valence-electron chi connectivity index (χ3n) is 4.91. The van der Waals surface area contributed by atoms with E-state index < -0.39 is 0 Å². The van der Waals surface area contributed by atoms with Crippen molar-refractivity contribution in [2.75, 3.05) is 27.4 Å². The first-order valence-corrected chi connectivity index (χ1v) is 8.93. The number of carbonyl (C=O) groups is 1. The van der Waals surface area contributed by atoms with Crippen LogP contribution in [-0.2, 0) is 11.3 Å². The Morgan fingerprint density at radius 2 is 2.04 bits per heavy atom. The van der Waals surface area contributed by atoms with Crippen LogP contribution in [0.1, 0.15) is 23.5 Å². The van der Waals surface area contributed by atoms with Crippen LogP contribution in [0.4, 0.5) is 4.39 Å². The van der Waals surface area contributed by atoms with Gasteiger partial charge in [-0.1, -0.05) is 12.1 Å². The molecule has 2 aromatic carbocycles. The zero-order valence-corrected chi connectivity index (χ0v) is 15.5. The lowest BCUT2D eigenvalue weighted by Gasteiger charge is -2.23. The van der Waals surface area contributed by atoms with Gasteiger partial charge >= 0.3 is 0 Å². The van der Waals surface area contributed by atoms with Crippen LogP contribution in [-0.4, -0.2) is 43.3 Å². The summed E-state index contributed by atoms with van der Waals surface area (Å²) in [5, 5.41) is 9.41. The number of hydrogen-bond acceptors (Lipinski definition) is 4. The molecule has 6 heteroatoms. The van der Waals surface area contributed by atoms with Crippen LogP contribution < -0.4 is 9.47 Å². The Morgan fingerprint density at radius 1 is 1.22 bits per heavy atom. The second kappa shape index (κ2) is 8.39. The largest absolute Gasteiger partial charge is 0.497 e. The molecule has 2 unspecified atom stereocenters. The molecular weight excluding hydrogens is 349 g/mol. The van der Waals surface area contributed by atoms with Crippen LogP contribution in [0, 0.1) is 11.7 Å². The Hall–Kier alpha value is -2.60. The van der Waals surface area contributed by atoms with E-state index in [-0.39, 0.29) is 36.7 Å². The average Bonchev–Trinajstić information content (AvgIpc) is 3.48. The van der Waals surface area contributed by atoms with E-state index in [1.807, 2.05) is 12.1 Å². The van der Waals surface area contributed by atoms with Crippen LogP contribution in [0.25, 0.3) is 0 Å². The monoisotopic (exact) mass is 373 g/mol. The summed E-state index contributed by atoms with van der Waals surface area (Å²) in [6.45, 7) is 0.410. The molecule has 1 N–H and O–H groups in total. The van der Waals surface area contributed by atoms with Crippen molar-refractivity contribution in [1.82, 2.24) is 4.90 Å². The molecule has 1 fully saturated rings. The molecule has 0 radical (unpaired) electrons. The van der Waals surface area contributed by atoms with E-state index in [4.69, 9.17) is 9.47 Å². The number of nitrogens with zero attached hydrogens (tertiary/aromatic N) is 1. The minimum Gasteiger partial charge on any atom is -0.497 e. The molecule has 1 aliphatic rings. The minimum absolute atomic E-state index is 0.0293. The number of amides is 1. The molecule has 2 atom stereocenters. The lowest BCUT2D eigenvalue weighted by molar-refractivity contribution is -0.133. The molecule has 0 aliphatic heterocycles. The van der Waals surface area contributed by atoms with Gasteiger partial charge < -0.3 is 19.5 Å². The van der Waals surface area contributed by atoms with Crippen molar-refractivity contribution in [1.29, 1.82) is 0 Å². The standard InChI is InChI=1S/C21H24FNO4/c1-26-17-6-7-20(27-2)15(11-17)13-23(8-9-24)21(25)19-12-18(19)14-4-3-5-16(22)10-14/h3-7,10-11,18-19,24H,8-9,12-13H2,1-2H3. The molecule has 0 saturated heterocycles. The van der Waals surface area contributed by atoms with Gasteiger partial charge in [-0.2, -0.15) is 0 Å². The highest BCUT2D eigenvalue weighted by Gasteiger charge is 2.45. The molecule has 5 nitrogen and oxygen atoms in total. The first-order valence-electron chi connectivity index (χ1n) is 8.93. The summed E-state index contributed by atoms with van der Waals surface area (Å²) in [5.41, 5.74) is 1.65. The number of carbonyl (C=O) groups excluding carboxylic acids is 1. The predicted octanol–water partition coefficient (Wildman–Crippen LogP) is 2.97. The number of hydrogen-bond donors (Lipinski definition) is 1. The van der Waals surface area contributed by atoms with Crippen LogP contribution in [0.3, 0.4) is 0 Å². The van der Waals surface area contributed by atoms with Crippen molar-refractivity contribution >= 4 is 5.91 Å². The summed E-state index contributed by atoms with van der Waals surface area (Å²) in [4.78, 5) is 14.6. The summed E-state index contributed by atoms with van der Waals surface area (Å²) < 4.78 is 24.1. The third-order valence-corrected chi connectivity index (χ3v) is 4.91. The zero-order valence-electron chi connectivity index (χ0n) is 15.5. The van der Waals surface area contributed by atoms with Gasteiger partial charge in [-0.15, -0.1) is 0 Å². The van der Waals surface area contributed by atoms with Gasteiger partial charge in [-0.05, 0) is 48.2 Å². The molecule has 1 amide bonds. The second-order valence-electron chi connectivity index (χ2n) is 6.66. The Morgan fingerprint density at radius 3 is 2.70 bits per heavy atom. The molecule has 2 aromatic rings. The number of aliphatic hydroxyl groups is 1. The van der Waals surface area contributed by atoms with Crippen LogP contribution in [0.5, 0.6) is 11.5 Å². The number of rotatable bonds is 8. The molecule has 27 heavy (non-hydrogen) atoms. The van der Waals surface area contributed by atoms with Crippen LogP contribution >= 0.6 is 0 Å². The van der Waals surface area contributed by atoms with Gasteiger partial charge in [-0.25, -0.2) is 4.39 Å². The maximum atomic E-state index is 13.5. The summed E-state index contributed by atoms with van der Waals surface area (Å²) in [7, 11) is 3.15. The predicted molar refractivity (Wildman–Crippen MR) is 99.3 cm³/mol. The molecule has 1 saturated carbocycles. The molecule has 3 rings (SSSR count). The lowest BCUT2D eigenvalue weighted by Crippen LogP contribution is -2.34. The third kappa shape index (κ3) is 4.39. The van der Waals surface area contributed by atoms with E-state index in [0.717, 1.165) is 11.1 Å². The van der Waals surface area contributed by atoms with Gasteiger partial charge in [0.2, 0.25) is 5.91 Å². The molecule has 0 bridgehead atoms. The molecule has 144 valence electrons. The number of halogens is 1. The van der Waals surface area contributed by atoms with E-state index in [1.165, 1.54) is 12.1 Å². The molecule has 0 spiro atoms. The maximum absolute atomic E-state index is 13.5. The Bertz CT molecular complexity index is 811.